The van der Waals surface area contributed by atoms with Crippen molar-refractivity contribution in [2.75, 3.05) is 26.3 Å². The van der Waals surface area contributed by atoms with Gasteiger partial charge in [-0.2, -0.15) is 0 Å². The van der Waals surface area contributed by atoms with E-state index in [1.54, 1.807) is 0 Å². The van der Waals surface area contributed by atoms with Crippen molar-refractivity contribution in [1.82, 2.24) is 10.6 Å². The normalized spacial score (nSPS) is 12.3. The van der Waals surface area contributed by atoms with Crippen molar-refractivity contribution in [3.05, 3.63) is 0 Å². The van der Waals surface area contributed by atoms with E-state index in [1.807, 2.05) is 0 Å². The van der Waals surface area contributed by atoms with Crippen LogP contribution >= 0.6 is 0 Å². The lowest BCUT2D eigenvalue weighted by Gasteiger charge is -2.18. The summed E-state index contributed by atoms with van der Waals surface area (Å²) in [6, 6.07) is -1.41. The molecule has 324 valence electrons. The van der Waals surface area contributed by atoms with Crippen LogP contribution in [0, 0.1) is 0 Å². The first-order valence-corrected chi connectivity index (χ1v) is 23.2. The van der Waals surface area contributed by atoms with Crippen molar-refractivity contribution in [2.24, 2.45) is 11.5 Å². The van der Waals surface area contributed by atoms with Gasteiger partial charge in [-0.1, -0.05) is 168 Å². The topological polar surface area (TPSA) is 163 Å². The summed E-state index contributed by atoms with van der Waals surface area (Å²) in [6.07, 6.45) is 34.5. The third-order valence-electron chi connectivity index (χ3n) is 10.4. The van der Waals surface area contributed by atoms with Gasteiger partial charge in [-0.3, -0.25) is 14.4 Å². The molecule has 0 radical (unpaired) electrons. The van der Waals surface area contributed by atoms with Gasteiger partial charge in [0.05, 0.1) is 19.3 Å². The zero-order valence-corrected chi connectivity index (χ0v) is 35.9. The van der Waals surface area contributed by atoms with Gasteiger partial charge < -0.3 is 31.6 Å². The molecule has 0 spiro atoms. The van der Waals surface area contributed by atoms with E-state index in [4.69, 9.17) is 20.9 Å². The first-order chi connectivity index (χ1) is 26.8. The second-order valence-electron chi connectivity index (χ2n) is 15.8. The SMILES string of the molecule is CCCCCCCCCCCCCCOC(=O)CCC(NC(=O)CCCCCNC(=O)C(N)CCCCN)C(=O)OCCCCCCCCCCCCCC. The molecule has 0 aliphatic heterocycles. The lowest BCUT2D eigenvalue weighted by molar-refractivity contribution is -0.149. The average Bonchev–Trinajstić information content (AvgIpc) is 3.18. The van der Waals surface area contributed by atoms with Gasteiger partial charge in [-0.25, -0.2) is 4.79 Å². The van der Waals surface area contributed by atoms with Crippen LogP contribution in [0.15, 0.2) is 0 Å². The zero-order valence-electron chi connectivity index (χ0n) is 35.9. The van der Waals surface area contributed by atoms with Crippen LogP contribution in [-0.4, -0.2) is 62.1 Å². The third-order valence-corrected chi connectivity index (χ3v) is 10.4. The van der Waals surface area contributed by atoms with Gasteiger partial charge in [0, 0.05) is 19.4 Å². The molecule has 0 saturated carbocycles. The van der Waals surface area contributed by atoms with Gasteiger partial charge >= 0.3 is 11.9 Å². The molecule has 0 bridgehead atoms. The van der Waals surface area contributed by atoms with Crippen molar-refractivity contribution >= 4 is 23.8 Å². The van der Waals surface area contributed by atoms with Crippen LogP contribution in [0.5, 0.6) is 0 Å². The summed E-state index contributed by atoms with van der Waals surface area (Å²) in [6.45, 7) is 6.29. The molecule has 0 heterocycles. The zero-order chi connectivity index (χ0) is 40.5. The van der Waals surface area contributed by atoms with E-state index in [2.05, 4.69) is 24.5 Å². The Kier molecular flexibility index (Phi) is 39.8. The summed E-state index contributed by atoms with van der Waals surface area (Å²) < 4.78 is 11.0. The Morgan fingerprint density at radius 1 is 0.509 bits per heavy atom. The van der Waals surface area contributed by atoms with Crippen molar-refractivity contribution < 1.29 is 28.7 Å². The number of amides is 2. The number of carbonyl (C=O) groups is 4. The molecular formula is C45H88N4O6. The van der Waals surface area contributed by atoms with E-state index < -0.39 is 18.1 Å². The lowest BCUT2D eigenvalue weighted by atomic mass is 10.1. The standard InChI is InChI=1S/C45H88N4O6/c1-3-5-7-9-11-13-15-17-19-21-23-30-38-54-43(51)35-34-41(45(53)55-39-31-24-22-20-18-16-14-12-10-8-6-4-2)49-42(50)33-26-25-29-37-48-44(52)40(47)32-27-28-36-46/h40-41H,3-39,46-47H2,1-2H3,(H,48,52)(H,49,50). The van der Waals surface area contributed by atoms with Crippen LogP contribution in [0.4, 0.5) is 0 Å². The highest BCUT2D eigenvalue weighted by Crippen LogP contribution is 2.14. The molecule has 0 saturated heterocycles. The monoisotopic (exact) mass is 781 g/mol. The molecule has 10 nitrogen and oxygen atoms in total. The van der Waals surface area contributed by atoms with E-state index in [-0.39, 0.29) is 37.0 Å². The Labute approximate surface area is 337 Å². The number of carbonyl (C=O) groups excluding carboxylic acids is 4. The average molecular weight is 781 g/mol. The molecule has 55 heavy (non-hydrogen) atoms. The first kappa shape index (κ1) is 52.8. The van der Waals surface area contributed by atoms with E-state index in [0.29, 0.717) is 39.1 Å². The summed E-state index contributed by atoms with van der Waals surface area (Å²) in [5.41, 5.74) is 11.4. The quantitative estimate of drug-likeness (QED) is 0.0351. The Morgan fingerprint density at radius 2 is 0.964 bits per heavy atom. The molecule has 10 heteroatoms. The largest absolute Gasteiger partial charge is 0.466 e. The van der Waals surface area contributed by atoms with Crippen molar-refractivity contribution in [1.29, 1.82) is 0 Å². The molecule has 0 aromatic heterocycles. The van der Waals surface area contributed by atoms with E-state index in [0.717, 1.165) is 64.2 Å². The fourth-order valence-corrected chi connectivity index (χ4v) is 6.76. The van der Waals surface area contributed by atoms with Gasteiger partial charge in [0.25, 0.3) is 0 Å². The molecule has 2 atom stereocenters. The highest BCUT2D eigenvalue weighted by molar-refractivity contribution is 5.85. The van der Waals surface area contributed by atoms with Gasteiger partial charge in [0.15, 0.2) is 0 Å². The minimum Gasteiger partial charge on any atom is -0.466 e. The Balaban J connectivity index is 4.45. The number of rotatable bonds is 42. The molecule has 2 unspecified atom stereocenters. The fourth-order valence-electron chi connectivity index (χ4n) is 6.76. The highest BCUT2D eigenvalue weighted by Gasteiger charge is 2.23. The molecule has 0 aromatic carbocycles. The van der Waals surface area contributed by atoms with Crippen LogP contribution in [0.1, 0.15) is 226 Å². The highest BCUT2D eigenvalue weighted by atomic mass is 16.5. The number of hydrogen-bond acceptors (Lipinski definition) is 8. The molecule has 0 aliphatic carbocycles. The number of ether oxygens (including phenoxy) is 2. The smallest absolute Gasteiger partial charge is 0.328 e. The maximum Gasteiger partial charge on any atom is 0.328 e. The van der Waals surface area contributed by atoms with Gasteiger partial charge in [0.2, 0.25) is 11.8 Å². The predicted octanol–water partition coefficient (Wildman–Crippen LogP) is 9.87. The van der Waals surface area contributed by atoms with E-state index in [1.165, 1.54) is 116 Å². The minimum atomic E-state index is -0.885. The number of hydrogen-bond donors (Lipinski definition) is 4. The molecule has 0 rings (SSSR count). The molecule has 0 fully saturated rings. The number of nitrogens with one attached hydrogen (secondary N) is 2. The minimum absolute atomic E-state index is 0.0466. The van der Waals surface area contributed by atoms with E-state index in [9.17, 15) is 19.2 Å². The van der Waals surface area contributed by atoms with Crippen molar-refractivity contribution in [3.8, 4) is 0 Å². The maximum absolute atomic E-state index is 13.0. The molecule has 6 N–H and O–H groups in total. The third kappa shape index (κ3) is 37.2. The Morgan fingerprint density at radius 3 is 1.45 bits per heavy atom. The van der Waals surface area contributed by atoms with Crippen LogP contribution in [-0.2, 0) is 28.7 Å². The summed E-state index contributed by atoms with van der Waals surface area (Å²) in [4.78, 5) is 50.6. The number of esters is 2. The van der Waals surface area contributed by atoms with Crippen molar-refractivity contribution in [2.45, 2.75) is 238 Å². The Hall–Kier alpha value is -2.20. The summed E-state index contributed by atoms with van der Waals surface area (Å²) in [7, 11) is 0. The first-order valence-electron chi connectivity index (χ1n) is 23.2. The second-order valence-corrected chi connectivity index (χ2v) is 15.8. The molecule has 0 aromatic rings. The van der Waals surface area contributed by atoms with Gasteiger partial charge in [-0.15, -0.1) is 0 Å². The second kappa shape index (κ2) is 41.4. The van der Waals surface area contributed by atoms with Gasteiger partial charge in [0.1, 0.15) is 6.04 Å². The lowest BCUT2D eigenvalue weighted by Crippen LogP contribution is -2.42. The number of unbranched alkanes of at least 4 members (excludes halogenated alkanes) is 25. The van der Waals surface area contributed by atoms with Crippen LogP contribution in [0.2, 0.25) is 0 Å². The predicted molar refractivity (Wildman–Crippen MR) is 228 cm³/mol. The fraction of sp³-hybridized carbons (Fsp3) is 0.911. The van der Waals surface area contributed by atoms with Gasteiger partial charge in [-0.05, 0) is 51.5 Å². The van der Waals surface area contributed by atoms with Crippen LogP contribution < -0.4 is 22.1 Å². The molecule has 2 amide bonds. The van der Waals surface area contributed by atoms with Crippen LogP contribution in [0.3, 0.4) is 0 Å². The molecular weight excluding hydrogens is 693 g/mol. The maximum atomic E-state index is 13.0. The summed E-state index contributed by atoms with van der Waals surface area (Å²) >= 11 is 0. The molecule has 0 aliphatic rings. The van der Waals surface area contributed by atoms with Crippen LogP contribution in [0.25, 0.3) is 0 Å². The number of nitrogens with two attached hydrogens (primary N) is 2. The summed E-state index contributed by atoms with van der Waals surface area (Å²) in [5.74, 6) is -1.25. The Bertz CT molecular complexity index is 905. The summed E-state index contributed by atoms with van der Waals surface area (Å²) in [5, 5.41) is 5.68. The van der Waals surface area contributed by atoms with E-state index >= 15 is 0 Å². The van der Waals surface area contributed by atoms with Crippen molar-refractivity contribution in [3.63, 3.8) is 0 Å².